The zero-order chi connectivity index (χ0) is 25.2. The predicted octanol–water partition coefficient (Wildman–Crippen LogP) is 3.61. The summed E-state index contributed by atoms with van der Waals surface area (Å²) in [6, 6.07) is 15.4. The van der Waals surface area contributed by atoms with E-state index in [0.29, 0.717) is 25.8 Å². The lowest BCUT2D eigenvalue weighted by Gasteiger charge is -2.21. The SMILES string of the molecule is CC(C)C[C@H](NC(=O)OCC1c2ccccc2-c2ccccc21)C(=O)NNC(=O)CCCCCN. The van der Waals surface area contributed by atoms with E-state index in [2.05, 4.69) is 40.4 Å². The van der Waals surface area contributed by atoms with Crippen molar-refractivity contribution < 1.29 is 19.1 Å². The Morgan fingerprint density at radius 1 is 0.914 bits per heavy atom. The number of hydrogen-bond donors (Lipinski definition) is 4. The van der Waals surface area contributed by atoms with Crippen molar-refractivity contribution in [3.8, 4) is 11.1 Å². The molecule has 0 unspecified atom stereocenters. The molecule has 2 aromatic carbocycles. The van der Waals surface area contributed by atoms with Crippen molar-refractivity contribution in [2.45, 2.75) is 57.9 Å². The van der Waals surface area contributed by atoms with Crippen LogP contribution in [0.4, 0.5) is 4.79 Å². The lowest BCUT2D eigenvalue weighted by atomic mass is 9.98. The van der Waals surface area contributed by atoms with E-state index in [1.807, 2.05) is 38.1 Å². The number of nitrogens with two attached hydrogens (primary N) is 1. The van der Waals surface area contributed by atoms with Crippen LogP contribution >= 0.6 is 0 Å². The van der Waals surface area contributed by atoms with Gasteiger partial charge in [-0.1, -0.05) is 68.8 Å². The molecule has 0 spiro atoms. The summed E-state index contributed by atoms with van der Waals surface area (Å²) in [5.41, 5.74) is 14.8. The van der Waals surface area contributed by atoms with Crippen LogP contribution in [0.2, 0.25) is 0 Å². The Hall–Kier alpha value is -3.39. The highest BCUT2D eigenvalue weighted by atomic mass is 16.5. The van der Waals surface area contributed by atoms with Gasteiger partial charge in [-0.25, -0.2) is 4.79 Å². The van der Waals surface area contributed by atoms with Crippen molar-refractivity contribution in [2.75, 3.05) is 13.2 Å². The summed E-state index contributed by atoms with van der Waals surface area (Å²) in [5.74, 6) is -0.682. The van der Waals surface area contributed by atoms with Gasteiger partial charge in [-0.3, -0.25) is 20.4 Å². The summed E-state index contributed by atoms with van der Waals surface area (Å²) in [4.78, 5) is 37.3. The van der Waals surface area contributed by atoms with Crippen molar-refractivity contribution in [1.29, 1.82) is 0 Å². The maximum absolute atomic E-state index is 12.7. The van der Waals surface area contributed by atoms with Crippen molar-refractivity contribution in [1.82, 2.24) is 16.2 Å². The maximum Gasteiger partial charge on any atom is 0.407 e. The maximum atomic E-state index is 12.7. The van der Waals surface area contributed by atoms with Crippen molar-refractivity contribution in [3.63, 3.8) is 0 Å². The summed E-state index contributed by atoms with van der Waals surface area (Å²) in [5, 5.41) is 2.67. The van der Waals surface area contributed by atoms with Crippen LogP contribution in [0.5, 0.6) is 0 Å². The highest BCUT2D eigenvalue weighted by Crippen LogP contribution is 2.44. The number of ether oxygens (including phenoxy) is 1. The first-order chi connectivity index (χ1) is 16.9. The molecule has 2 aromatic rings. The van der Waals surface area contributed by atoms with Crippen LogP contribution in [0.25, 0.3) is 11.1 Å². The average molecular weight is 481 g/mol. The molecule has 188 valence electrons. The Bertz CT molecular complexity index is 978. The number of fused-ring (bicyclic) bond motifs is 3. The van der Waals surface area contributed by atoms with E-state index in [9.17, 15) is 14.4 Å². The predicted molar refractivity (Wildman–Crippen MR) is 135 cm³/mol. The minimum atomic E-state index is -0.830. The number of hydrogen-bond acceptors (Lipinski definition) is 5. The van der Waals surface area contributed by atoms with E-state index in [1.165, 1.54) is 0 Å². The molecule has 1 aliphatic rings. The second kappa shape index (κ2) is 12.9. The third kappa shape index (κ3) is 7.29. The molecule has 0 heterocycles. The minimum Gasteiger partial charge on any atom is -0.449 e. The van der Waals surface area contributed by atoms with Gasteiger partial charge in [0.05, 0.1) is 0 Å². The second-order valence-electron chi connectivity index (χ2n) is 9.29. The highest BCUT2D eigenvalue weighted by molar-refractivity contribution is 5.88. The molecule has 0 fully saturated rings. The van der Waals surface area contributed by atoms with E-state index in [1.54, 1.807) is 0 Å². The number of rotatable bonds is 11. The quantitative estimate of drug-likeness (QED) is 0.289. The Kier molecular flexibility index (Phi) is 9.66. The first-order valence-corrected chi connectivity index (χ1v) is 12.3. The van der Waals surface area contributed by atoms with Gasteiger partial charge in [-0.05, 0) is 54.0 Å². The summed E-state index contributed by atoms with van der Waals surface area (Å²) < 4.78 is 5.58. The van der Waals surface area contributed by atoms with Crippen LogP contribution in [0.1, 0.15) is 63.0 Å². The minimum absolute atomic E-state index is 0.0657. The molecular weight excluding hydrogens is 444 g/mol. The number of amides is 3. The first kappa shape index (κ1) is 26.2. The van der Waals surface area contributed by atoms with Gasteiger partial charge < -0.3 is 15.8 Å². The fourth-order valence-corrected chi connectivity index (χ4v) is 4.37. The molecule has 1 atom stereocenters. The number of benzene rings is 2. The summed E-state index contributed by atoms with van der Waals surface area (Å²) in [6.45, 7) is 4.66. The molecular formula is C27H36N4O4. The third-order valence-corrected chi connectivity index (χ3v) is 6.09. The smallest absolute Gasteiger partial charge is 0.407 e. The van der Waals surface area contributed by atoms with Crippen LogP contribution in [-0.2, 0) is 14.3 Å². The number of unbranched alkanes of at least 4 members (excludes halogenated alkanes) is 2. The Morgan fingerprint density at radius 2 is 1.54 bits per heavy atom. The number of hydrazine groups is 1. The van der Waals surface area contributed by atoms with Gasteiger partial charge >= 0.3 is 6.09 Å². The Balaban J connectivity index is 1.54. The Labute approximate surface area is 207 Å². The van der Waals surface area contributed by atoms with Crippen LogP contribution in [0.15, 0.2) is 48.5 Å². The molecule has 8 heteroatoms. The molecule has 0 saturated carbocycles. The number of carbonyl (C=O) groups excluding carboxylic acids is 3. The second-order valence-corrected chi connectivity index (χ2v) is 9.29. The van der Waals surface area contributed by atoms with Gasteiger partial charge in [0, 0.05) is 12.3 Å². The average Bonchev–Trinajstić information content (AvgIpc) is 3.17. The van der Waals surface area contributed by atoms with Crippen LogP contribution in [0.3, 0.4) is 0 Å². The third-order valence-electron chi connectivity index (χ3n) is 6.09. The van der Waals surface area contributed by atoms with Crippen molar-refractivity contribution in [3.05, 3.63) is 59.7 Å². The summed E-state index contributed by atoms with van der Waals surface area (Å²) in [6.07, 6.45) is 2.46. The molecule has 0 saturated heterocycles. The molecule has 8 nitrogen and oxygen atoms in total. The topological polar surface area (TPSA) is 123 Å². The lowest BCUT2D eigenvalue weighted by molar-refractivity contribution is -0.130. The number of alkyl carbamates (subject to hydrolysis) is 1. The summed E-state index contributed by atoms with van der Waals surface area (Å²) in [7, 11) is 0. The molecule has 0 radical (unpaired) electrons. The molecule has 0 bridgehead atoms. The van der Waals surface area contributed by atoms with Crippen molar-refractivity contribution in [2.24, 2.45) is 11.7 Å². The lowest BCUT2D eigenvalue weighted by Crippen LogP contribution is -2.52. The fourth-order valence-electron chi connectivity index (χ4n) is 4.37. The first-order valence-electron chi connectivity index (χ1n) is 12.3. The zero-order valence-electron chi connectivity index (χ0n) is 20.5. The molecule has 5 N–H and O–H groups in total. The van der Waals surface area contributed by atoms with Crippen molar-refractivity contribution >= 4 is 17.9 Å². The number of nitrogens with one attached hydrogen (secondary N) is 3. The Morgan fingerprint density at radius 3 is 2.14 bits per heavy atom. The van der Waals surface area contributed by atoms with E-state index < -0.39 is 18.0 Å². The fraction of sp³-hybridized carbons (Fsp3) is 0.444. The van der Waals surface area contributed by atoms with Gasteiger partial charge in [0.15, 0.2) is 0 Å². The van der Waals surface area contributed by atoms with Crippen LogP contribution < -0.4 is 21.9 Å². The normalized spacial score (nSPS) is 13.0. The number of carbonyl (C=O) groups is 3. The molecule has 3 rings (SSSR count). The van der Waals surface area contributed by atoms with Crippen LogP contribution in [-0.4, -0.2) is 37.1 Å². The van der Waals surface area contributed by atoms with E-state index >= 15 is 0 Å². The van der Waals surface area contributed by atoms with Gasteiger partial charge in [0.25, 0.3) is 5.91 Å². The largest absolute Gasteiger partial charge is 0.449 e. The molecule has 3 amide bonds. The summed E-state index contributed by atoms with van der Waals surface area (Å²) >= 11 is 0. The highest BCUT2D eigenvalue weighted by Gasteiger charge is 2.30. The van der Waals surface area contributed by atoms with Gasteiger partial charge in [-0.15, -0.1) is 0 Å². The van der Waals surface area contributed by atoms with Gasteiger partial charge in [-0.2, -0.15) is 0 Å². The molecule has 35 heavy (non-hydrogen) atoms. The van der Waals surface area contributed by atoms with Gasteiger partial charge in [0.1, 0.15) is 12.6 Å². The standard InChI is InChI=1S/C27H36N4O4/c1-18(2)16-24(26(33)31-30-25(32)14-4-3-9-15-28)29-27(34)35-17-23-21-12-7-5-10-19(21)20-11-6-8-13-22(20)23/h5-8,10-13,18,23-24H,3-4,9,14-17,28H2,1-2H3,(H,29,34)(H,30,32)(H,31,33)/t24-/m0/s1. The molecule has 0 aromatic heterocycles. The van der Waals surface area contributed by atoms with E-state index in [0.717, 1.165) is 35.1 Å². The van der Waals surface area contributed by atoms with E-state index in [4.69, 9.17) is 10.5 Å². The van der Waals surface area contributed by atoms with Gasteiger partial charge in [0.2, 0.25) is 5.91 Å². The molecule has 1 aliphatic carbocycles. The molecule has 0 aliphatic heterocycles. The zero-order valence-corrected chi connectivity index (χ0v) is 20.5. The monoisotopic (exact) mass is 480 g/mol. The van der Waals surface area contributed by atoms with E-state index in [-0.39, 0.29) is 24.3 Å². The van der Waals surface area contributed by atoms with Crippen LogP contribution in [0, 0.1) is 5.92 Å².